The predicted octanol–water partition coefficient (Wildman–Crippen LogP) is 3.60. The molecule has 1 N–H and O–H groups in total. The van der Waals surface area contributed by atoms with E-state index in [1.54, 1.807) is 0 Å². The molecule has 2 amide bonds. The Labute approximate surface area is 152 Å². The molecule has 0 aliphatic carbocycles. The highest BCUT2D eigenvalue weighted by Gasteiger charge is 2.25. The maximum atomic E-state index is 12.8. The third kappa shape index (κ3) is 3.90. The average molecular weight is 357 g/mol. The Morgan fingerprint density at radius 2 is 1.88 bits per heavy atom. The molecule has 2 aromatic rings. The molecule has 0 fully saturated rings. The third-order valence-corrected chi connectivity index (χ3v) is 5.30. The van der Waals surface area contributed by atoms with Crippen molar-refractivity contribution in [2.45, 2.75) is 46.1 Å². The lowest BCUT2D eigenvalue weighted by atomic mass is 9.86. The van der Waals surface area contributed by atoms with Gasteiger partial charge in [-0.25, -0.2) is 4.98 Å². The second kappa shape index (κ2) is 6.59. The molecular weight excluding hydrogens is 334 g/mol. The van der Waals surface area contributed by atoms with Gasteiger partial charge < -0.3 is 10.2 Å². The molecule has 6 heteroatoms. The van der Waals surface area contributed by atoms with Crippen LogP contribution in [0.1, 0.15) is 54.2 Å². The fraction of sp³-hybridized carbons (Fsp3) is 0.421. The van der Waals surface area contributed by atoms with E-state index < -0.39 is 0 Å². The third-order valence-electron chi connectivity index (χ3n) is 4.30. The summed E-state index contributed by atoms with van der Waals surface area (Å²) in [5.41, 5.74) is 2.99. The van der Waals surface area contributed by atoms with Crippen LogP contribution in [0.5, 0.6) is 0 Å². The van der Waals surface area contributed by atoms with E-state index in [0.29, 0.717) is 23.8 Å². The summed E-state index contributed by atoms with van der Waals surface area (Å²) in [5, 5.41) is 3.34. The summed E-state index contributed by atoms with van der Waals surface area (Å²) < 4.78 is 0. The van der Waals surface area contributed by atoms with Crippen LogP contribution in [0.4, 0.5) is 5.13 Å². The fourth-order valence-electron chi connectivity index (χ4n) is 2.87. The summed E-state index contributed by atoms with van der Waals surface area (Å²) >= 11 is 1.45. The van der Waals surface area contributed by atoms with Crippen molar-refractivity contribution in [2.75, 3.05) is 11.9 Å². The van der Waals surface area contributed by atoms with Gasteiger partial charge in [0.15, 0.2) is 5.13 Å². The van der Waals surface area contributed by atoms with E-state index in [0.717, 1.165) is 17.0 Å². The predicted molar refractivity (Wildman–Crippen MR) is 100 cm³/mol. The van der Waals surface area contributed by atoms with E-state index in [2.05, 4.69) is 31.1 Å². The molecule has 1 aliphatic rings. The lowest BCUT2D eigenvalue weighted by Gasteiger charge is -2.26. The fourth-order valence-corrected chi connectivity index (χ4v) is 3.94. The molecule has 0 saturated carbocycles. The highest BCUT2D eigenvalue weighted by molar-refractivity contribution is 7.15. The van der Waals surface area contributed by atoms with Crippen LogP contribution in [-0.2, 0) is 23.2 Å². The molecule has 1 aromatic carbocycles. The Hall–Kier alpha value is -2.21. The second-order valence-electron chi connectivity index (χ2n) is 7.37. The van der Waals surface area contributed by atoms with Gasteiger partial charge in [0.1, 0.15) is 0 Å². The van der Waals surface area contributed by atoms with E-state index >= 15 is 0 Å². The molecule has 0 radical (unpaired) electrons. The van der Waals surface area contributed by atoms with Crippen molar-refractivity contribution in [3.05, 3.63) is 46.0 Å². The molecule has 2 heterocycles. The molecule has 0 bridgehead atoms. The minimum absolute atomic E-state index is 0.0422. The van der Waals surface area contributed by atoms with Gasteiger partial charge in [-0.15, -0.1) is 0 Å². The van der Waals surface area contributed by atoms with Crippen molar-refractivity contribution >= 4 is 28.3 Å². The minimum Gasteiger partial charge on any atom is -0.333 e. The number of carbonyl (C=O) groups is 2. The Bertz CT molecular complexity index is 803. The lowest BCUT2D eigenvalue weighted by molar-refractivity contribution is -0.114. The first-order valence-corrected chi connectivity index (χ1v) is 9.21. The molecular formula is C19H23N3O2S. The number of rotatable bonds is 2. The van der Waals surface area contributed by atoms with Crippen LogP contribution >= 0.6 is 11.3 Å². The van der Waals surface area contributed by atoms with Gasteiger partial charge in [-0.1, -0.05) is 44.2 Å². The first-order chi connectivity index (χ1) is 11.7. The normalized spacial score (nSPS) is 14.2. The van der Waals surface area contributed by atoms with Gasteiger partial charge in [0.25, 0.3) is 5.91 Å². The standard InChI is InChI=1S/C19H23N3O2S/c1-12(23)20-18-21-15-9-10-22(11-16(15)25-18)17(24)13-5-7-14(8-6-13)19(2,3)4/h5-8H,9-11H2,1-4H3,(H,20,21,23). The maximum Gasteiger partial charge on any atom is 0.254 e. The van der Waals surface area contributed by atoms with Gasteiger partial charge in [-0.05, 0) is 23.1 Å². The number of nitrogens with zero attached hydrogens (tertiary/aromatic N) is 2. The van der Waals surface area contributed by atoms with Gasteiger partial charge in [-0.3, -0.25) is 9.59 Å². The van der Waals surface area contributed by atoms with E-state index in [4.69, 9.17) is 0 Å². The summed E-state index contributed by atoms with van der Waals surface area (Å²) in [6.07, 6.45) is 0.719. The van der Waals surface area contributed by atoms with Crippen molar-refractivity contribution in [3.63, 3.8) is 0 Å². The van der Waals surface area contributed by atoms with Crippen molar-refractivity contribution in [2.24, 2.45) is 0 Å². The number of aromatic nitrogens is 1. The Balaban J connectivity index is 1.74. The average Bonchev–Trinajstić information content (AvgIpc) is 2.93. The van der Waals surface area contributed by atoms with Gasteiger partial charge in [0, 0.05) is 30.3 Å². The zero-order chi connectivity index (χ0) is 18.2. The molecule has 132 valence electrons. The summed E-state index contributed by atoms with van der Waals surface area (Å²) in [5.74, 6) is -0.0847. The summed E-state index contributed by atoms with van der Waals surface area (Å²) in [6, 6.07) is 7.88. The smallest absolute Gasteiger partial charge is 0.254 e. The highest BCUT2D eigenvalue weighted by atomic mass is 32.1. The van der Waals surface area contributed by atoms with Gasteiger partial charge in [0.2, 0.25) is 5.91 Å². The number of hydrogen-bond donors (Lipinski definition) is 1. The topological polar surface area (TPSA) is 62.3 Å². The van der Waals surface area contributed by atoms with E-state index in [1.165, 1.54) is 23.8 Å². The Morgan fingerprint density at radius 3 is 2.48 bits per heavy atom. The lowest BCUT2D eigenvalue weighted by Crippen LogP contribution is -2.35. The number of carbonyl (C=O) groups excluding carboxylic acids is 2. The molecule has 25 heavy (non-hydrogen) atoms. The van der Waals surface area contributed by atoms with E-state index in [1.807, 2.05) is 29.2 Å². The number of hydrogen-bond acceptors (Lipinski definition) is 4. The van der Waals surface area contributed by atoms with Gasteiger partial charge in [-0.2, -0.15) is 0 Å². The van der Waals surface area contributed by atoms with Gasteiger partial charge in [0.05, 0.1) is 12.2 Å². The summed E-state index contributed by atoms with van der Waals surface area (Å²) in [6.45, 7) is 9.14. The monoisotopic (exact) mass is 357 g/mol. The van der Waals surface area contributed by atoms with Crippen LogP contribution in [-0.4, -0.2) is 28.2 Å². The van der Waals surface area contributed by atoms with Crippen LogP contribution < -0.4 is 5.32 Å². The molecule has 5 nitrogen and oxygen atoms in total. The molecule has 1 aromatic heterocycles. The molecule has 0 atom stereocenters. The number of thiazole rings is 1. The Morgan fingerprint density at radius 1 is 1.20 bits per heavy atom. The van der Waals surface area contributed by atoms with E-state index in [9.17, 15) is 9.59 Å². The zero-order valence-electron chi connectivity index (χ0n) is 15.0. The maximum absolute atomic E-state index is 12.8. The number of nitrogens with one attached hydrogen (secondary N) is 1. The number of fused-ring (bicyclic) bond motifs is 1. The Kier molecular flexibility index (Phi) is 4.64. The largest absolute Gasteiger partial charge is 0.333 e. The molecule has 0 spiro atoms. The van der Waals surface area contributed by atoms with Crippen molar-refractivity contribution in [3.8, 4) is 0 Å². The summed E-state index contributed by atoms with van der Waals surface area (Å²) in [7, 11) is 0. The zero-order valence-corrected chi connectivity index (χ0v) is 15.9. The highest BCUT2D eigenvalue weighted by Crippen LogP contribution is 2.29. The van der Waals surface area contributed by atoms with Crippen LogP contribution in [0, 0.1) is 0 Å². The number of benzene rings is 1. The van der Waals surface area contributed by atoms with Crippen LogP contribution in [0.15, 0.2) is 24.3 Å². The first kappa shape index (κ1) is 17.6. The van der Waals surface area contributed by atoms with Crippen LogP contribution in [0.3, 0.4) is 0 Å². The number of amides is 2. The second-order valence-corrected chi connectivity index (χ2v) is 8.46. The quantitative estimate of drug-likeness (QED) is 0.893. The van der Waals surface area contributed by atoms with Crippen molar-refractivity contribution in [1.82, 2.24) is 9.88 Å². The van der Waals surface area contributed by atoms with E-state index in [-0.39, 0.29) is 17.2 Å². The van der Waals surface area contributed by atoms with Crippen molar-refractivity contribution < 1.29 is 9.59 Å². The minimum atomic E-state index is -0.127. The molecule has 0 unspecified atom stereocenters. The van der Waals surface area contributed by atoms with Crippen molar-refractivity contribution in [1.29, 1.82) is 0 Å². The molecule has 1 aliphatic heterocycles. The molecule has 0 saturated heterocycles. The van der Waals surface area contributed by atoms with Crippen LogP contribution in [0.25, 0.3) is 0 Å². The van der Waals surface area contributed by atoms with Gasteiger partial charge >= 0.3 is 0 Å². The number of anilines is 1. The first-order valence-electron chi connectivity index (χ1n) is 8.40. The molecule has 3 rings (SSSR count). The van der Waals surface area contributed by atoms with Crippen LogP contribution in [0.2, 0.25) is 0 Å². The summed E-state index contributed by atoms with van der Waals surface area (Å²) in [4.78, 5) is 31.3. The SMILES string of the molecule is CC(=O)Nc1nc2c(s1)CN(C(=O)c1ccc(C(C)(C)C)cc1)CC2.